The maximum Gasteiger partial charge on any atom is 1.00 e. The number of rotatable bonds is 3. The van der Waals surface area contributed by atoms with E-state index in [1.54, 1.807) is 6.92 Å². The minimum Gasteiger partial charge on any atom is -1.00 e. The summed E-state index contributed by atoms with van der Waals surface area (Å²) >= 11 is 0. The van der Waals surface area contributed by atoms with Gasteiger partial charge < -0.3 is 7.96 Å². The van der Waals surface area contributed by atoms with Gasteiger partial charge in [-0.1, -0.05) is 37.3 Å². The Morgan fingerprint density at radius 2 is 1.87 bits per heavy atom. The molecule has 0 bridgehead atoms. The molecule has 0 aliphatic carbocycles. The quantitative estimate of drug-likeness (QED) is 0.530. The number of hydrogen-bond acceptors (Lipinski definition) is 1. The second-order valence-corrected chi connectivity index (χ2v) is 3.36. The van der Waals surface area contributed by atoms with Gasteiger partial charge in [0.2, 0.25) is 0 Å². The average Bonchev–Trinajstić information content (AvgIpc) is 2.17. The van der Waals surface area contributed by atoms with Crippen molar-refractivity contribution in [3.8, 4) is 0 Å². The Balaban J connectivity index is -0.000000211. The zero-order valence-corrected chi connectivity index (χ0v) is 11.9. The van der Waals surface area contributed by atoms with E-state index >= 15 is 0 Å². The van der Waals surface area contributed by atoms with Crippen molar-refractivity contribution in [1.82, 2.24) is 0 Å². The molecule has 0 aromatic heterocycles. The summed E-state index contributed by atoms with van der Waals surface area (Å²) in [5.41, 5.74) is 0.117. The minimum atomic E-state index is -0.763. The topological polar surface area (TPSA) is 37.3 Å². The van der Waals surface area contributed by atoms with Gasteiger partial charge in [-0.25, -0.2) is 0 Å². The molecule has 1 aromatic carbocycles. The minimum absolute atomic E-state index is 0. The molecule has 0 fully saturated rings. The SMILES string of the molecule is CCC(C)(C(=O)O)c1ccccc1.[H-].[H-].[Li+].[Na+]. The third-order valence-corrected chi connectivity index (χ3v) is 2.59. The van der Waals surface area contributed by atoms with Gasteiger partial charge in [0.1, 0.15) is 0 Å². The van der Waals surface area contributed by atoms with Gasteiger partial charge in [0.15, 0.2) is 0 Å². The third-order valence-electron chi connectivity index (χ3n) is 2.59. The molecule has 2 nitrogen and oxygen atoms in total. The molecule has 1 rings (SSSR count). The van der Waals surface area contributed by atoms with Gasteiger partial charge in [0.05, 0.1) is 5.41 Å². The van der Waals surface area contributed by atoms with Crippen LogP contribution in [0.1, 0.15) is 28.7 Å². The van der Waals surface area contributed by atoms with Gasteiger partial charge in [-0.3, -0.25) is 4.79 Å². The number of carboxylic acids is 1. The first-order valence-electron chi connectivity index (χ1n) is 4.40. The Kier molecular flexibility index (Phi) is 8.89. The average molecular weight is 210 g/mol. The van der Waals surface area contributed by atoms with Crippen LogP contribution in [0.15, 0.2) is 30.3 Å². The summed E-state index contributed by atoms with van der Waals surface area (Å²) < 4.78 is 0. The van der Waals surface area contributed by atoms with E-state index in [9.17, 15) is 4.79 Å². The summed E-state index contributed by atoms with van der Waals surface area (Å²) in [6.45, 7) is 3.64. The predicted molar refractivity (Wildman–Crippen MR) is 53.9 cm³/mol. The van der Waals surface area contributed by atoms with Crippen LogP contribution >= 0.6 is 0 Å². The first kappa shape index (κ1) is 17.7. The molecule has 0 aliphatic heterocycles. The fraction of sp³-hybridized carbons (Fsp3) is 0.364. The van der Waals surface area contributed by atoms with Crippen LogP contribution < -0.4 is 48.4 Å². The fourth-order valence-electron chi connectivity index (χ4n) is 1.28. The molecule has 1 atom stereocenters. The van der Waals surface area contributed by atoms with E-state index in [4.69, 9.17) is 5.11 Å². The van der Waals surface area contributed by atoms with Crippen molar-refractivity contribution in [3.05, 3.63) is 35.9 Å². The Morgan fingerprint density at radius 1 is 1.40 bits per heavy atom. The molecule has 0 amide bonds. The van der Waals surface area contributed by atoms with Crippen LogP contribution in [0.25, 0.3) is 0 Å². The molecule has 0 aliphatic rings. The Morgan fingerprint density at radius 3 is 2.20 bits per heavy atom. The normalized spacial score (nSPS) is 12.9. The van der Waals surface area contributed by atoms with Crippen molar-refractivity contribution < 1.29 is 61.2 Å². The number of aliphatic carboxylic acids is 1. The maximum atomic E-state index is 11.1. The third kappa shape index (κ3) is 3.98. The summed E-state index contributed by atoms with van der Waals surface area (Å²) in [5, 5.41) is 9.09. The van der Waals surface area contributed by atoms with Gasteiger partial charge in [-0.15, -0.1) is 0 Å². The molecule has 0 radical (unpaired) electrons. The number of hydrogen-bond donors (Lipinski definition) is 1. The zero-order valence-electron chi connectivity index (χ0n) is 11.9. The number of carboxylic acid groups (broad SMARTS) is 1. The van der Waals surface area contributed by atoms with Gasteiger partial charge in [-0.05, 0) is 18.9 Å². The van der Waals surface area contributed by atoms with Gasteiger partial charge in [-0.2, -0.15) is 0 Å². The zero-order chi connectivity index (χ0) is 9.90. The van der Waals surface area contributed by atoms with E-state index in [0.29, 0.717) is 6.42 Å². The van der Waals surface area contributed by atoms with Gasteiger partial charge >= 0.3 is 54.4 Å². The van der Waals surface area contributed by atoms with Crippen LogP contribution in [-0.4, -0.2) is 11.1 Å². The van der Waals surface area contributed by atoms with Crippen molar-refractivity contribution in [1.29, 1.82) is 0 Å². The van der Waals surface area contributed by atoms with Crippen LogP contribution in [0.3, 0.4) is 0 Å². The Bertz CT molecular complexity index is 312. The van der Waals surface area contributed by atoms with E-state index in [0.717, 1.165) is 5.56 Å². The second kappa shape index (κ2) is 7.54. The van der Waals surface area contributed by atoms with Crippen molar-refractivity contribution in [2.75, 3.05) is 0 Å². The van der Waals surface area contributed by atoms with Crippen LogP contribution in [0.4, 0.5) is 0 Å². The smallest absolute Gasteiger partial charge is 1.00 e. The van der Waals surface area contributed by atoms with Crippen LogP contribution in [0, 0.1) is 0 Å². The van der Waals surface area contributed by atoms with Crippen molar-refractivity contribution in [2.45, 2.75) is 25.7 Å². The summed E-state index contributed by atoms with van der Waals surface area (Å²) in [6.07, 6.45) is 0.604. The Labute approximate surface area is 128 Å². The number of benzene rings is 1. The maximum absolute atomic E-state index is 11.1. The van der Waals surface area contributed by atoms with E-state index in [-0.39, 0.29) is 51.3 Å². The van der Waals surface area contributed by atoms with E-state index in [1.165, 1.54) is 0 Å². The largest absolute Gasteiger partial charge is 1.00 e. The molecule has 74 valence electrons. The van der Waals surface area contributed by atoms with Crippen molar-refractivity contribution >= 4 is 5.97 Å². The monoisotopic (exact) mass is 210 g/mol. The fourth-order valence-corrected chi connectivity index (χ4v) is 1.28. The summed E-state index contributed by atoms with van der Waals surface area (Å²) in [6, 6.07) is 9.34. The molecule has 0 saturated carbocycles. The molecule has 1 N–H and O–H groups in total. The Hall–Kier alpha value is 0.287. The second-order valence-electron chi connectivity index (χ2n) is 3.36. The van der Waals surface area contributed by atoms with E-state index in [2.05, 4.69) is 0 Å². The molecule has 1 aromatic rings. The standard InChI is InChI=1S/C11H14O2.Li.Na.2H/c1-3-11(2,10(12)13)9-7-5-4-6-8-9;;;;/h4-8H,3H2,1-2H3,(H,12,13);;;;/q;2*+1;2*-1. The van der Waals surface area contributed by atoms with Crippen LogP contribution in [0.2, 0.25) is 0 Å². The molecule has 0 heterocycles. The molecule has 15 heavy (non-hydrogen) atoms. The van der Waals surface area contributed by atoms with Crippen molar-refractivity contribution in [2.24, 2.45) is 0 Å². The molecular formula is C11H16LiNaO2. The first-order chi connectivity index (χ1) is 6.11. The van der Waals surface area contributed by atoms with E-state index in [1.807, 2.05) is 37.3 Å². The molecule has 1 unspecified atom stereocenters. The number of carbonyl (C=O) groups is 1. The predicted octanol–water partition coefficient (Wildman–Crippen LogP) is -3.33. The summed E-state index contributed by atoms with van der Waals surface area (Å²) in [5.74, 6) is -0.763. The van der Waals surface area contributed by atoms with E-state index < -0.39 is 11.4 Å². The van der Waals surface area contributed by atoms with Crippen molar-refractivity contribution in [3.63, 3.8) is 0 Å². The molecule has 4 heteroatoms. The van der Waals surface area contributed by atoms with Crippen LogP contribution in [-0.2, 0) is 10.2 Å². The van der Waals surface area contributed by atoms with Gasteiger partial charge in [0, 0.05) is 0 Å². The van der Waals surface area contributed by atoms with Crippen LogP contribution in [0.5, 0.6) is 0 Å². The molecule has 0 spiro atoms. The van der Waals surface area contributed by atoms with Gasteiger partial charge in [0.25, 0.3) is 0 Å². The summed E-state index contributed by atoms with van der Waals surface area (Å²) in [4.78, 5) is 11.1. The molecule has 0 saturated heterocycles. The summed E-state index contributed by atoms with van der Waals surface area (Å²) in [7, 11) is 0. The molecular weight excluding hydrogens is 194 g/mol. The first-order valence-corrected chi connectivity index (χ1v) is 4.40.